The van der Waals surface area contributed by atoms with Crippen molar-refractivity contribution >= 4 is 17.9 Å². The van der Waals surface area contributed by atoms with E-state index in [1.165, 1.54) is 6.08 Å². The molecule has 158 valence electrons. The SMILES string of the molecule is CCOc1cc2c(cc1CNC(=O)[C@H](C)NC(=O)/C=C/c1ccccc1)O[C@H](C)C2. The molecule has 0 fully saturated rings. The molecule has 0 aromatic heterocycles. The van der Waals surface area contributed by atoms with E-state index in [0.29, 0.717) is 13.2 Å². The van der Waals surface area contributed by atoms with Crippen molar-refractivity contribution in [3.05, 3.63) is 65.2 Å². The Kier molecular flexibility index (Phi) is 7.12. The van der Waals surface area contributed by atoms with Gasteiger partial charge in [-0.05, 0) is 44.5 Å². The average Bonchev–Trinajstić information content (AvgIpc) is 3.10. The van der Waals surface area contributed by atoms with Gasteiger partial charge in [0.1, 0.15) is 23.6 Å². The van der Waals surface area contributed by atoms with Gasteiger partial charge in [0, 0.05) is 30.2 Å². The molecule has 2 aromatic rings. The number of benzene rings is 2. The highest BCUT2D eigenvalue weighted by Gasteiger charge is 2.22. The van der Waals surface area contributed by atoms with Crippen LogP contribution >= 0.6 is 0 Å². The van der Waals surface area contributed by atoms with Crippen LogP contribution in [0.4, 0.5) is 0 Å². The van der Waals surface area contributed by atoms with Crippen LogP contribution in [0.1, 0.15) is 37.5 Å². The second-order valence-electron chi connectivity index (χ2n) is 7.33. The Morgan fingerprint density at radius 3 is 2.77 bits per heavy atom. The maximum absolute atomic E-state index is 12.5. The van der Waals surface area contributed by atoms with Crippen LogP contribution < -0.4 is 20.1 Å². The first-order valence-corrected chi connectivity index (χ1v) is 10.2. The summed E-state index contributed by atoms with van der Waals surface area (Å²) in [4.78, 5) is 24.5. The van der Waals surface area contributed by atoms with Crippen LogP contribution in [0.15, 0.2) is 48.5 Å². The van der Waals surface area contributed by atoms with Crippen LogP contribution in [-0.4, -0.2) is 30.6 Å². The van der Waals surface area contributed by atoms with Crippen molar-refractivity contribution in [3.63, 3.8) is 0 Å². The summed E-state index contributed by atoms with van der Waals surface area (Å²) in [6.07, 6.45) is 4.12. The molecule has 2 atom stereocenters. The second-order valence-corrected chi connectivity index (χ2v) is 7.33. The van der Waals surface area contributed by atoms with Crippen LogP contribution in [-0.2, 0) is 22.6 Å². The first kappa shape index (κ1) is 21.4. The molecule has 2 aromatic carbocycles. The number of ether oxygens (including phenoxy) is 2. The minimum atomic E-state index is -0.667. The van der Waals surface area contributed by atoms with Crippen LogP contribution in [0.5, 0.6) is 11.5 Å². The van der Waals surface area contributed by atoms with Gasteiger partial charge in [-0.25, -0.2) is 0 Å². The van der Waals surface area contributed by atoms with Gasteiger partial charge in [-0.2, -0.15) is 0 Å². The lowest BCUT2D eigenvalue weighted by Crippen LogP contribution is -2.44. The Balaban J connectivity index is 1.56. The van der Waals surface area contributed by atoms with Gasteiger partial charge >= 0.3 is 0 Å². The molecule has 1 aliphatic heterocycles. The summed E-state index contributed by atoms with van der Waals surface area (Å²) >= 11 is 0. The van der Waals surface area contributed by atoms with E-state index in [4.69, 9.17) is 9.47 Å². The van der Waals surface area contributed by atoms with Gasteiger partial charge in [-0.3, -0.25) is 9.59 Å². The molecule has 1 aliphatic rings. The molecule has 0 spiro atoms. The molecule has 2 amide bonds. The molecule has 0 radical (unpaired) electrons. The first-order valence-electron chi connectivity index (χ1n) is 10.2. The van der Waals surface area contributed by atoms with E-state index in [1.807, 2.05) is 56.3 Å². The number of hydrogen-bond donors (Lipinski definition) is 2. The maximum atomic E-state index is 12.5. The van der Waals surface area contributed by atoms with Gasteiger partial charge in [0.15, 0.2) is 0 Å². The van der Waals surface area contributed by atoms with Crippen molar-refractivity contribution in [1.29, 1.82) is 0 Å². The summed E-state index contributed by atoms with van der Waals surface area (Å²) in [5.74, 6) is 0.990. The Hall–Kier alpha value is -3.28. The summed E-state index contributed by atoms with van der Waals surface area (Å²) in [5.41, 5.74) is 2.88. The molecular weight excluding hydrogens is 380 g/mol. The summed E-state index contributed by atoms with van der Waals surface area (Å²) in [5, 5.41) is 5.55. The van der Waals surface area contributed by atoms with Crippen molar-refractivity contribution in [2.75, 3.05) is 6.61 Å². The fourth-order valence-electron chi connectivity index (χ4n) is 3.31. The van der Waals surface area contributed by atoms with Crippen LogP contribution in [0.2, 0.25) is 0 Å². The van der Waals surface area contributed by atoms with Crippen LogP contribution in [0, 0.1) is 0 Å². The lowest BCUT2D eigenvalue weighted by Gasteiger charge is -2.16. The van der Waals surface area contributed by atoms with Gasteiger partial charge < -0.3 is 20.1 Å². The molecule has 30 heavy (non-hydrogen) atoms. The molecule has 0 aliphatic carbocycles. The Morgan fingerprint density at radius 1 is 1.27 bits per heavy atom. The largest absolute Gasteiger partial charge is 0.494 e. The second kappa shape index (κ2) is 9.96. The van der Waals surface area contributed by atoms with Crippen LogP contribution in [0.3, 0.4) is 0 Å². The zero-order chi connectivity index (χ0) is 21.5. The number of hydrogen-bond acceptors (Lipinski definition) is 4. The summed E-state index contributed by atoms with van der Waals surface area (Å²) < 4.78 is 11.6. The van der Waals surface area contributed by atoms with E-state index in [9.17, 15) is 9.59 Å². The minimum Gasteiger partial charge on any atom is -0.494 e. The minimum absolute atomic E-state index is 0.137. The molecular formula is C24H28N2O4. The van der Waals surface area contributed by atoms with E-state index < -0.39 is 6.04 Å². The molecule has 6 heteroatoms. The fraction of sp³-hybridized carbons (Fsp3) is 0.333. The van der Waals surface area contributed by atoms with Crippen molar-refractivity contribution in [2.45, 2.75) is 45.9 Å². The first-order chi connectivity index (χ1) is 14.5. The molecule has 0 bridgehead atoms. The number of fused-ring (bicyclic) bond motifs is 1. The molecule has 3 rings (SSSR count). The monoisotopic (exact) mass is 408 g/mol. The van der Waals surface area contributed by atoms with Crippen LogP contribution in [0.25, 0.3) is 6.08 Å². The summed E-state index contributed by atoms with van der Waals surface area (Å²) in [6.45, 7) is 6.43. The van der Waals surface area contributed by atoms with Gasteiger partial charge in [-0.1, -0.05) is 30.3 Å². The number of carbonyl (C=O) groups excluding carboxylic acids is 2. The topological polar surface area (TPSA) is 76.7 Å². The predicted octanol–water partition coefficient (Wildman–Crippen LogP) is 3.24. The quantitative estimate of drug-likeness (QED) is 0.658. The fourth-order valence-corrected chi connectivity index (χ4v) is 3.31. The van der Waals surface area contributed by atoms with E-state index in [0.717, 1.165) is 34.6 Å². The lowest BCUT2D eigenvalue weighted by molar-refractivity contribution is -0.126. The Labute approximate surface area is 177 Å². The molecule has 1 heterocycles. The molecule has 2 N–H and O–H groups in total. The van der Waals surface area contributed by atoms with Crippen molar-refractivity contribution in [2.24, 2.45) is 0 Å². The molecule has 0 saturated heterocycles. The summed E-state index contributed by atoms with van der Waals surface area (Å²) in [7, 11) is 0. The van der Waals surface area contributed by atoms with Crippen molar-refractivity contribution in [1.82, 2.24) is 10.6 Å². The van der Waals surface area contributed by atoms with E-state index in [-0.39, 0.29) is 17.9 Å². The molecule has 0 unspecified atom stereocenters. The standard InChI is InChI=1S/C24H28N2O4/c1-4-29-21-13-19-12-16(2)30-22(19)14-20(21)15-25-24(28)17(3)26-23(27)11-10-18-8-6-5-7-9-18/h5-11,13-14,16-17H,4,12,15H2,1-3H3,(H,25,28)(H,26,27)/b11-10+/t16-,17+/m1/s1. The van der Waals surface area contributed by atoms with Gasteiger partial charge in [-0.15, -0.1) is 0 Å². The van der Waals surface area contributed by atoms with E-state index in [2.05, 4.69) is 10.6 Å². The van der Waals surface area contributed by atoms with Crippen molar-refractivity contribution in [3.8, 4) is 11.5 Å². The van der Waals surface area contributed by atoms with Gasteiger partial charge in [0.05, 0.1) is 6.61 Å². The molecule has 0 saturated carbocycles. The number of amides is 2. The Morgan fingerprint density at radius 2 is 2.03 bits per heavy atom. The van der Waals surface area contributed by atoms with Gasteiger partial charge in [0.25, 0.3) is 0 Å². The average molecular weight is 408 g/mol. The zero-order valence-electron chi connectivity index (χ0n) is 17.6. The Bertz CT molecular complexity index is 924. The maximum Gasteiger partial charge on any atom is 0.244 e. The lowest BCUT2D eigenvalue weighted by atomic mass is 10.1. The third-order valence-electron chi connectivity index (χ3n) is 4.81. The third-order valence-corrected chi connectivity index (χ3v) is 4.81. The number of rotatable bonds is 8. The normalized spacial score (nSPS) is 15.9. The summed E-state index contributed by atoms with van der Waals surface area (Å²) in [6, 6.07) is 12.8. The predicted molar refractivity (Wildman–Crippen MR) is 116 cm³/mol. The smallest absolute Gasteiger partial charge is 0.244 e. The molecule has 6 nitrogen and oxygen atoms in total. The third kappa shape index (κ3) is 5.63. The van der Waals surface area contributed by atoms with Crippen molar-refractivity contribution < 1.29 is 19.1 Å². The van der Waals surface area contributed by atoms with Gasteiger partial charge in [0.2, 0.25) is 11.8 Å². The number of nitrogens with one attached hydrogen (secondary N) is 2. The van der Waals surface area contributed by atoms with E-state index >= 15 is 0 Å². The highest BCUT2D eigenvalue weighted by molar-refractivity contribution is 5.95. The highest BCUT2D eigenvalue weighted by atomic mass is 16.5. The van der Waals surface area contributed by atoms with E-state index in [1.54, 1.807) is 13.0 Å². The zero-order valence-corrected chi connectivity index (χ0v) is 17.6. The highest BCUT2D eigenvalue weighted by Crippen LogP contribution is 2.35. The number of carbonyl (C=O) groups is 2.